The molecule has 8 heteroatoms. The van der Waals surface area contributed by atoms with Gasteiger partial charge in [-0.25, -0.2) is 14.4 Å². The van der Waals surface area contributed by atoms with Gasteiger partial charge < -0.3 is 14.4 Å². The molecule has 2 aliphatic heterocycles. The molecule has 1 saturated heterocycles. The molecule has 0 spiro atoms. The summed E-state index contributed by atoms with van der Waals surface area (Å²) in [5.41, 5.74) is 3.70. The minimum atomic E-state index is -0.301. The lowest BCUT2D eigenvalue weighted by molar-refractivity contribution is -0.131. The van der Waals surface area contributed by atoms with E-state index in [0.717, 1.165) is 35.9 Å². The van der Waals surface area contributed by atoms with E-state index < -0.39 is 0 Å². The van der Waals surface area contributed by atoms with Crippen LogP contribution in [0.15, 0.2) is 64.7 Å². The van der Waals surface area contributed by atoms with Crippen LogP contribution in [0.3, 0.4) is 0 Å². The van der Waals surface area contributed by atoms with E-state index >= 15 is 0 Å². The summed E-state index contributed by atoms with van der Waals surface area (Å²) in [4.78, 5) is 30.9. The lowest BCUT2D eigenvalue weighted by atomic mass is 10.1. The molecule has 2 aliphatic rings. The molecule has 0 N–H and O–H groups in total. The highest BCUT2D eigenvalue weighted by Crippen LogP contribution is 2.23. The van der Waals surface area contributed by atoms with Gasteiger partial charge >= 0.3 is 0 Å². The van der Waals surface area contributed by atoms with Crippen LogP contribution in [0.5, 0.6) is 0 Å². The average Bonchev–Trinajstić information content (AvgIpc) is 3.29. The molecule has 5 rings (SSSR count). The molecule has 1 aromatic heterocycles. The number of aromatic nitrogens is 2. The van der Waals surface area contributed by atoms with Gasteiger partial charge in [-0.05, 0) is 31.2 Å². The predicted molar refractivity (Wildman–Crippen MR) is 131 cm³/mol. The number of carbonyl (C=O) groups is 1. The number of hydrogen-bond donors (Lipinski definition) is 0. The first kappa shape index (κ1) is 22.0. The maximum Gasteiger partial charge on any atom is 0.230 e. The standard InChI is InChI=1S/C26H27FN6O/c1-19-3-5-20(6-4-19)23-18-33(22-9-7-21(27)8-10-22)24(30-23)17-25(34)31-13-15-32(16-14-31)26-28-11-2-12-29-26/h3-11,18H,2,12-17H2,1H3. The number of hydrogen-bond acceptors (Lipinski definition) is 5. The van der Waals surface area contributed by atoms with Gasteiger partial charge in [0.25, 0.3) is 0 Å². The summed E-state index contributed by atoms with van der Waals surface area (Å²) >= 11 is 0. The minimum Gasteiger partial charge on any atom is -0.339 e. The Hall–Kier alpha value is -3.81. The Morgan fingerprint density at radius 2 is 1.74 bits per heavy atom. The van der Waals surface area contributed by atoms with Gasteiger partial charge in [0.1, 0.15) is 11.6 Å². The lowest BCUT2D eigenvalue weighted by Gasteiger charge is -2.35. The SMILES string of the molecule is Cc1ccc(-c2cn(-c3ccc(F)cc3)c(CC(=O)N3CCN(C4=NCCC=N4)CC3)n2)cc1. The normalized spacial score (nSPS) is 16.0. The zero-order valence-electron chi connectivity index (χ0n) is 19.2. The minimum absolute atomic E-state index is 0.0261. The number of rotatable bonds is 4. The van der Waals surface area contributed by atoms with Crippen molar-refractivity contribution in [2.75, 3.05) is 32.7 Å². The molecular weight excluding hydrogens is 431 g/mol. The summed E-state index contributed by atoms with van der Waals surface area (Å²) in [5.74, 6) is 1.13. The van der Waals surface area contributed by atoms with Crippen molar-refractivity contribution in [3.8, 4) is 16.9 Å². The maximum atomic E-state index is 13.5. The van der Waals surface area contributed by atoms with Gasteiger partial charge in [-0.1, -0.05) is 29.8 Å². The molecule has 7 nitrogen and oxygen atoms in total. The Labute approximate surface area is 198 Å². The van der Waals surface area contributed by atoms with Gasteiger partial charge in [-0.15, -0.1) is 0 Å². The zero-order chi connectivity index (χ0) is 23.5. The molecule has 0 radical (unpaired) electrons. The molecule has 0 atom stereocenters. The number of carbonyl (C=O) groups excluding carboxylic acids is 1. The maximum absolute atomic E-state index is 13.5. The van der Waals surface area contributed by atoms with Crippen molar-refractivity contribution < 1.29 is 9.18 Å². The first-order valence-corrected chi connectivity index (χ1v) is 11.6. The molecule has 0 aliphatic carbocycles. The molecule has 2 aromatic carbocycles. The van der Waals surface area contributed by atoms with E-state index in [9.17, 15) is 9.18 Å². The quantitative estimate of drug-likeness (QED) is 0.601. The first-order chi connectivity index (χ1) is 16.6. The van der Waals surface area contributed by atoms with Gasteiger partial charge in [0.05, 0.1) is 12.1 Å². The van der Waals surface area contributed by atoms with Gasteiger partial charge in [-0.3, -0.25) is 9.79 Å². The molecule has 0 unspecified atom stereocenters. The zero-order valence-corrected chi connectivity index (χ0v) is 19.2. The molecule has 1 fully saturated rings. The van der Waals surface area contributed by atoms with Crippen LogP contribution in [0.2, 0.25) is 0 Å². The Balaban J connectivity index is 1.35. The average molecular weight is 459 g/mol. The van der Waals surface area contributed by atoms with Crippen LogP contribution in [0, 0.1) is 12.7 Å². The van der Waals surface area contributed by atoms with E-state index in [1.165, 1.54) is 17.7 Å². The highest BCUT2D eigenvalue weighted by Gasteiger charge is 2.25. The number of aliphatic imine (C=N–C) groups is 2. The van der Waals surface area contributed by atoms with Crippen LogP contribution in [-0.2, 0) is 11.2 Å². The van der Waals surface area contributed by atoms with Crippen molar-refractivity contribution >= 4 is 18.1 Å². The largest absolute Gasteiger partial charge is 0.339 e. The van der Waals surface area contributed by atoms with Gasteiger partial charge in [0, 0.05) is 62.8 Å². The van der Waals surface area contributed by atoms with Crippen molar-refractivity contribution in [1.82, 2.24) is 19.4 Å². The highest BCUT2D eigenvalue weighted by molar-refractivity contribution is 5.89. The Morgan fingerprint density at radius 1 is 1.00 bits per heavy atom. The van der Waals surface area contributed by atoms with Crippen molar-refractivity contribution in [1.29, 1.82) is 0 Å². The number of nitrogens with zero attached hydrogens (tertiary/aromatic N) is 6. The predicted octanol–water partition coefficient (Wildman–Crippen LogP) is 3.50. The summed E-state index contributed by atoms with van der Waals surface area (Å²) in [6.45, 7) is 5.47. The summed E-state index contributed by atoms with van der Waals surface area (Å²) in [6.07, 6.45) is 4.87. The van der Waals surface area contributed by atoms with Crippen molar-refractivity contribution in [2.45, 2.75) is 19.8 Å². The van der Waals surface area contributed by atoms with Gasteiger partial charge in [-0.2, -0.15) is 0 Å². The molecule has 0 bridgehead atoms. The van der Waals surface area contributed by atoms with E-state index in [4.69, 9.17) is 4.98 Å². The molecule has 174 valence electrons. The van der Waals surface area contributed by atoms with Crippen molar-refractivity contribution in [2.24, 2.45) is 9.98 Å². The lowest BCUT2D eigenvalue weighted by Crippen LogP contribution is -2.51. The monoisotopic (exact) mass is 458 g/mol. The number of aryl methyl sites for hydroxylation is 1. The van der Waals surface area contributed by atoms with Crippen molar-refractivity contribution in [3.05, 3.63) is 71.9 Å². The van der Waals surface area contributed by atoms with Crippen LogP contribution >= 0.6 is 0 Å². The van der Waals surface area contributed by atoms with Crippen LogP contribution < -0.4 is 0 Å². The van der Waals surface area contributed by atoms with Crippen LogP contribution in [0.4, 0.5) is 4.39 Å². The van der Waals surface area contributed by atoms with E-state index in [0.29, 0.717) is 32.0 Å². The summed E-state index contributed by atoms with van der Waals surface area (Å²) in [7, 11) is 0. The van der Waals surface area contributed by atoms with Gasteiger partial charge in [0.15, 0.2) is 0 Å². The second kappa shape index (κ2) is 9.59. The summed E-state index contributed by atoms with van der Waals surface area (Å²) in [5, 5.41) is 0. The molecular formula is C26H27FN6O. The number of halogens is 1. The number of guanidine groups is 1. The van der Waals surface area contributed by atoms with E-state index in [2.05, 4.69) is 14.9 Å². The third-order valence-corrected chi connectivity index (χ3v) is 6.17. The number of amides is 1. The van der Waals surface area contributed by atoms with E-state index in [1.807, 2.05) is 53.1 Å². The molecule has 3 aromatic rings. The third-order valence-electron chi connectivity index (χ3n) is 6.17. The second-order valence-corrected chi connectivity index (χ2v) is 8.58. The van der Waals surface area contributed by atoms with Crippen LogP contribution in [-0.4, -0.2) is 70.2 Å². The fraction of sp³-hybridized carbons (Fsp3) is 0.308. The van der Waals surface area contributed by atoms with Crippen LogP contribution in [0.25, 0.3) is 16.9 Å². The first-order valence-electron chi connectivity index (χ1n) is 11.6. The van der Waals surface area contributed by atoms with E-state index in [-0.39, 0.29) is 18.1 Å². The fourth-order valence-corrected chi connectivity index (χ4v) is 4.23. The summed E-state index contributed by atoms with van der Waals surface area (Å²) in [6, 6.07) is 14.4. The third kappa shape index (κ3) is 4.76. The number of imidazole rings is 1. The van der Waals surface area contributed by atoms with Crippen LogP contribution in [0.1, 0.15) is 17.8 Å². The second-order valence-electron chi connectivity index (χ2n) is 8.58. The topological polar surface area (TPSA) is 66.1 Å². The van der Waals surface area contributed by atoms with Crippen molar-refractivity contribution in [3.63, 3.8) is 0 Å². The molecule has 3 heterocycles. The smallest absolute Gasteiger partial charge is 0.230 e. The Morgan fingerprint density at radius 3 is 2.41 bits per heavy atom. The molecule has 0 saturated carbocycles. The Kier molecular flexibility index (Phi) is 6.20. The molecule has 1 amide bonds. The molecule has 34 heavy (non-hydrogen) atoms. The summed E-state index contributed by atoms with van der Waals surface area (Å²) < 4.78 is 15.4. The number of piperazine rings is 1. The van der Waals surface area contributed by atoms with Gasteiger partial charge in [0.2, 0.25) is 11.9 Å². The Bertz CT molecular complexity index is 1220. The highest BCUT2D eigenvalue weighted by atomic mass is 19.1. The van der Waals surface area contributed by atoms with E-state index in [1.54, 1.807) is 12.1 Å². The number of benzene rings is 2. The fourth-order valence-electron chi connectivity index (χ4n) is 4.23.